The van der Waals surface area contributed by atoms with E-state index in [4.69, 9.17) is 0 Å². The highest BCUT2D eigenvalue weighted by molar-refractivity contribution is 7.22. The predicted octanol–water partition coefficient (Wildman–Crippen LogP) is 2.98. The van der Waals surface area contributed by atoms with Crippen LogP contribution in [0, 0.1) is 0 Å². The Bertz CT molecular complexity index is 705. The van der Waals surface area contributed by atoms with E-state index in [0.717, 1.165) is 16.8 Å². The number of piperazine rings is 1. The molecule has 1 saturated heterocycles. The van der Waals surface area contributed by atoms with Gasteiger partial charge in [0, 0.05) is 33.1 Å². The van der Waals surface area contributed by atoms with Gasteiger partial charge in [0.15, 0.2) is 5.13 Å². The highest BCUT2D eigenvalue weighted by Gasteiger charge is 2.31. The first kappa shape index (κ1) is 15.1. The quantitative estimate of drug-likeness (QED) is 0.807. The fourth-order valence-electron chi connectivity index (χ4n) is 2.44. The fraction of sp³-hybridized carbons (Fsp3) is 0.429. The molecule has 4 nitrogen and oxygen atoms in total. The number of amides is 1. The van der Waals surface area contributed by atoms with E-state index in [-0.39, 0.29) is 5.91 Å². The molecule has 0 unspecified atom stereocenters. The number of hydrogen-bond acceptors (Lipinski definition) is 4. The summed E-state index contributed by atoms with van der Waals surface area (Å²) in [6.07, 6.45) is -4.36. The van der Waals surface area contributed by atoms with Gasteiger partial charge in [-0.05, 0) is 18.2 Å². The Balaban J connectivity index is 1.82. The third-order valence-electron chi connectivity index (χ3n) is 3.70. The van der Waals surface area contributed by atoms with Crippen molar-refractivity contribution in [2.45, 2.75) is 13.1 Å². The lowest BCUT2D eigenvalue weighted by atomic mass is 10.2. The minimum absolute atomic E-state index is 0.0405. The molecule has 1 aliphatic rings. The maximum absolute atomic E-state index is 12.7. The Morgan fingerprint density at radius 1 is 1.23 bits per heavy atom. The molecule has 1 aromatic heterocycles. The van der Waals surface area contributed by atoms with Crippen molar-refractivity contribution in [2.75, 3.05) is 31.1 Å². The molecule has 0 spiro atoms. The van der Waals surface area contributed by atoms with Gasteiger partial charge in [-0.3, -0.25) is 4.79 Å². The normalized spacial score (nSPS) is 16.4. The second-order valence-corrected chi connectivity index (χ2v) is 6.18. The summed E-state index contributed by atoms with van der Waals surface area (Å²) in [6, 6.07) is 3.63. The number of nitrogens with zero attached hydrogens (tertiary/aromatic N) is 3. The zero-order chi connectivity index (χ0) is 15.9. The zero-order valence-electron chi connectivity index (χ0n) is 11.9. The monoisotopic (exact) mass is 329 g/mol. The van der Waals surface area contributed by atoms with Gasteiger partial charge in [0.2, 0.25) is 5.91 Å². The molecule has 0 atom stereocenters. The van der Waals surface area contributed by atoms with Crippen LogP contribution in [0.3, 0.4) is 0 Å². The maximum atomic E-state index is 12.7. The molecule has 0 radical (unpaired) electrons. The molecule has 22 heavy (non-hydrogen) atoms. The lowest BCUT2D eigenvalue weighted by molar-refractivity contribution is -0.137. The van der Waals surface area contributed by atoms with Gasteiger partial charge in [-0.15, -0.1) is 0 Å². The SMILES string of the molecule is CC(=O)N1CCN(c2nc3cc(C(F)(F)F)ccc3s2)CC1. The molecule has 1 aromatic carbocycles. The van der Waals surface area contributed by atoms with Crippen LogP contribution in [0.25, 0.3) is 10.2 Å². The Morgan fingerprint density at radius 3 is 2.50 bits per heavy atom. The summed E-state index contributed by atoms with van der Waals surface area (Å²) in [7, 11) is 0. The number of aromatic nitrogens is 1. The molecule has 3 rings (SSSR count). The molecule has 118 valence electrons. The van der Waals surface area contributed by atoms with Crippen molar-refractivity contribution in [2.24, 2.45) is 0 Å². The Morgan fingerprint density at radius 2 is 1.91 bits per heavy atom. The van der Waals surface area contributed by atoms with E-state index >= 15 is 0 Å². The molecule has 2 aromatic rings. The number of anilines is 1. The average molecular weight is 329 g/mol. The first-order valence-corrected chi connectivity index (χ1v) is 7.64. The first-order chi connectivity index (χ1) is 10.3. The summed E-state index contributed by atoms with van der Waals surface area (Å²) in [5, 5.41) is 0.706. The smallest absolute Gasteiger partial charge is 0.345 e. The Hall–Kier alpha value is -1.83. The molecule has 2 heterocycles. The molecular weight excluding hydrogens is 315 g/mol. The minimum atomic E-state index is -4.36. The maximum Gasteiger partial charge on any atom is 0.416 e. The largest absolute Gasteiger partial charge is 0.416 e. The summed E-state index contributed by atoms with van der Waals surface area (Å²) in [6.45, 7) is 4.04. The number of carbonyl (C=O) groups is 1. The number of thiazole rings is 1. The third kappa shape index (κ3) is 2.87. The van der Waals surface area contributed by atoms with Crippen LogP contribution in [0.2, 0.25) is 0 Å². The van der Waals surface area contributed by atoms with Crippen LogP contribution in [-0.4, -0.2) is 42.0 Å². The highest BCUT2D eigenvalue weighted by atomic mass is 32.1. The highest BCUT2D eigenvalue weighted by Crippen LogP contribution is 2.35. The second-order valence-electron chi connectivity index (χ2n) is 5.17. The van der Waals surface area contributed by atoms with Crippen LogP contribution in [-0.2, 0) is 11.0 Å². The predicted molar refractivity (Wildman–Crippen MR) is 79.1 cm³/mol. The van der Waals surface area contributed by atoms with Gasteiger partial charge in [0.1, 0.15) is 0 Å². The second kappa shape index (κ2) is 5.42. The Labute approximate surface area is 129 Å². The van der Waals surface area contributed by atoms with Crippen molar-refractivity contribution in [1.82, 2.24) is 9.88 Å². The van der Waals surface area contributed by atoms with Gasteiger partial charge in [-0.1, -0.05) is 11.3 Å². The third-order valence-corrected chi connectivity index (χ3v) is 4.80. The number of hydrogen-bond donors (Lipinski definition) is 0. The van der Waals surface area contributed by atoms with Crippen LogP contribution in [0.5, 0.6) is 0 Å². The summed E-state index contributed by atoms with van der Waals surface area (Å²) in [5.74, 6) is 0.0405. The van der Waals surface area contributed by atoms with Crippen molar-refractivity contribution in [3.05, 3.63) is 23.8 Å². The van der Waals surface area contributed by atoms with Gasteiger partial charge in [-0.2, -0.15) is 13.2 Å². The van der Waals surface area contributed by atoms with E-state index in [1.54, 1.807) is 4.90 Å². The Kier molecular flexibility index (Phi) is 3.72. The average Bonchev–Trinajstić information content (AvgIpc) is 2.89. The van der Waals surface area contributed by atoms with Crippen LogP contribution in [0.1, 0.15) is 12.5 Å². The molecule has 0 saturated carbocycles. The fourth-order valence-corrected chi connectivity index (χ4v) is 3.44. The molecule has 1 fully saturated rings. The lowest BCUT2D eigenvalue weighted by Gasteiger charge is -2.33. The van der Waals surface area contributed by atoms with Gasteiger partial charge in [-0.25, -0.2) is 4.98 Å². The standard InChI is InChI=1S/C14H14F3N3OS/c1-9(21)19-4-6-20(7-5-19)13-18-11-8-10(14(15,16)17)2-3-12(11)22-13/h2-3,8H,4-7H2,1H3. The van der Waals surface area contributed by atoms with E-state index in [1.165, 1.54) is 24.3 Å². The molecule has 8 heteroatoms. The molecule has 1 aliphatic heterocycles. The number of carbonyl (C=O) groups excluding carboxylic acids is 1. The number of alkyl halides is 3. The molecule has 1 amide bonds. The lowest BCUT2D eigenvalue weighted by Crippen LogP contribution is -2.48. The van der Waals surface area contributed by atoms with Crippen molar-refractivity contribution in [3.63, 3.8) is 0 Å². The molecular formula is C14H14F3N3OS. The van der Waals surface area contributed by atoms with Crippen molar-refractivity contribution in [1.29, 1.82) is 0 Å². The number of fused-ring (bicyclic) bond motifs is 1. The van der Waals surface area contributed by atoms with E-state index in [9.17, 15) is 18.0 Å². The van der Waals surface area contributed by atoms with Crippen molar-refractivity contribution in [3.8, 4) is 0 Å². The van der Waals surface area contributed by atoms with E-state index in [1.807, 2.05) is 4.90 Å². The van der Waals surface area contributed by atoms with Crippen molar-refractivity contribution >= 4 is 32.6 Å². The minimum Gasteiger partial charge on any atom is -0.345 e. The number of rotatable bonds is 1. The van der Waals surface area contributed by atoms with Crippen LogP contribution in [0.4, 0.5) is 18.3 Å². The first-order valence-electron chi connectivity index (χ1n) is 6.83. The van der Waals surface area contributed by atoms with E-state index in [2.05, 4.69) is 4.98 Å². The summed E-state index contributed by atoms with van der Waals surface area (Å²) in [5.41, 5.74) is -0.318. The summed E-state index contributed by atoms with van der Waals surface area (Å²) in [4.78, 5) is 19.4. The van der Waals surface area contributed by atoms with E-state index < -0.39 is 11.7 Å². The number of benzene rings is 1. The molecule has 0 bridgehead atoms. The topological polar surface area (TPSA) is 36.4 Å². The van der Waals surface area contributed by atoms with Crippen LogP contribution < -0.4 is 4.90 Å². The number of halogens is 3. The molecule has 0 aliphatic carbocycles. The van der Waals surface area contributed by atoms with E-state index in [0.29, 0.717) is 36.8 Å². The van der Waals surface area contributed by atoms with Crippen molar-refractivity contribution < 1.29 is 18.0 Å². The van der Waals surface area contributed by atoms with Gasteiger partial charge in [0.05, 0.1) is 15.8 Å². The molecule has 0 N–H and O–H groups in total. The zero-order valence-corrected chi connectivity index (χ0v) is 12.7. The summed E-state index contributed by atoms with van der Waals surface area (Å²) >= 11 is 1.38. The summed E-state index contributed by atoms with van der Waals surface area (Å²) < 4.78 is 38.9. The van der Waals surface area contributed by atoms with Gasteiger partial charge in [0.25, 0.3) is 0 Å². The van der Waals surface area contributed by atoms with Gasteiger partial charge >= 0.3 is 6.18 Å². The van der Waals surface area contributed by atoms with Crippen LogP contribution >= 0.6 is 11.3 Å². The van der Waals surface area contributed by atoms with Crippen LogP contribution in [0.15, 0.2) is 18.2 Å². The van der Waals surface area contributed by atoms with Gasteiger partial charge < -0.3 is 9.80 Å².